The maximum Gasteiger partial charge on any atom is 0.0561 e. The van der Waals surface area contributed by atoms with E-state index in [2.05, 4.69) is 228 Å². The van der Waals surface area contributed by atoms with Crippen molar-refractivity contribution in [2.45, 2.75) is 0 Å². The highest BCUT2D eigenvalue weighted by atomic mass is 15.1. The van der Waals surface area contributed by atoms with Gasteiger partial charge in [-0.15, -0.1) is 0 Å². The van der Waals surface area contributed by atoms with Gasteiger partial charge < -0.3 is 9.47 Å². The first-order valence-corrected chi connectivity index (χ1v) is 18.5. The molecule has 254 valence electrons. The highest BCUT2D eigenvalue weighted by Gasteiger charge is 2.23. The first kappa shape index (κ1) is 31.6. The van der Waals surface area contributed by atoms with Crippen molar-refractivity contribution in [2.75, 3.05) is 4.90 Å². The lowest BCUT2D eigenvalue weighted by Gasteiger charge is -2.30. The van der Waals surface area contributed by atoms with Crippen LogP contribution in [0.4, 0.5) is 17.1 Å². The van der Waals surface area contributed by atoms with Crippen LogP contribution in [0.25, 0.3) is 71.6 Å². The summed E-state index contributed by atoms with van der Waals surface area (Å²) in [5.41, 5.74) is 13.9. The summed E-state index contributed by atoms with van der Waals surface area (Å²) in [6.07, 6.45) is 0. The second-order valence-electron chi connectivity index (χ2n) is 13.7. The number of para-hydroxylation sites is 4. The van der Waals surface area contributed by atoms with E-state index in [0.717, 1.165) is 39.4 Å². The van der Waals surface area contributed by atoms with E-state index >= 15 is 0 Å². The smallest absolute Gasteiger partial charge is 0.0561 e. The summed E-state index contributed by atoms with van der Waals surface area (Å²) in [4.78, 5) is 2.46. The molecule has 0 atom stereocenters. The fourth-order valence-corrected chi connectivity index (χ4v) is 8.10. The molecule has 54 heavy (non-hydrogen) atoms. The molecule has 0 fully saturated rings. The summed E-state index contributed by atoms with van der Waals surface area (Å²) in [6.45, 7) is 0. The number of nitrogens with zero attached hydrogens (tertiary/aromatic N) is 2. The first-order valence-electron chi connectivity index (χ1n) is 18.5. The van der Waals surface area contributed by atoms with Gasteiger partial charge in [0.1, 0.15) is 0 Å². The van der Waals surface area contributed by atoms with Gasteiger partial charge in [-0.2, -0.15) is 0 Å². The van der Waals surface area contributed by atoms with Crippen LogP contribution in [0.5, 0.6) is 0 Å². The van der Waals surface area contributed by atoms with E-state index < -0.39 is 0 Å². The van der Waals surface area contributed by atoms with Crippen LogP contribution >= 0.6 is 0 Å². The molecule has 0 N–H and O–H groups in total. The molecule has 0 aliphatic carbocycles. The third-order valence-corrected chi connectivity index (χ3v) is 10.6. The van der Waals surface area contributed by atoms with E-state index in [0.29, 0.717) is 0 Å². The molecule has 0 aliphatic heterocycles. The Hall–Kier alpha value is -7.16. The molecule has 10 rings (SSSR count). The maximum atomic E-state index is 2.46. The van der Waals surface area contributed by atoms with Gasteiger partial charge in [0.05, 0.1) is 22.4 Å². The second kappa shape index (κ2) is 13.4. The van der Waals surface area contributed by atoms with Gasteiger partial charge >= 0.3 is 0 Å². The Morgan fingerprint density at radius 2 is 0.852 bits per heavy atom. The minimum atomic E-state index is 1.09. The quantitative estimate of drug-likeness (QED) is 0.162. The van der Waals surface area contributed by atoms with Crippen LogP contribution in [0.3, 0.4) is 0 Å². The highest BCUT2D eigenvalue weighted by molar-refractivity contribution is 6.11. The van der Waals surface area contributed by atoms with Gasteiger partial charge in [-0.25, -0.2) is 0 Å². The van der Waals surface area contributed by atoms with Crippen LogP contribution in [0, 0.1) is 0 Å². The minimum absolute atomic E-state index is 1.09. The van der Waals surface area contributed by atoms with Crippen molar-refractivity contribution in [2.24, 2.45) is 0 Å². The average molecular weight is 689 g/mol. The lowest BCUT2D eigenvalue weighted by Crippen LogP contribution is -2.12. The molecule has 0 unspecified atom stereocenters. The second-order valence-corrected chi connectivity index (χ2v) is 13.7. The van der Waals surface area contributed by atoms with Crippen molar-refractivity contribution in [3.05, 3.63) is 218 Å². The molecule has 2 nitrogen and oxygen atoms in total. The molecular formula is C52H36N2. The zero-order valence-electron chi connectivity index (χ0n) is 29.7. The van der Waals surface area contributed by atoms with Crippen LogP contribution in [0.2, 0.25) is 0 Å². The lowest BCUT2D eigenvalue weighted by atomic mass is 9.95. The zero-order chi connectivity index (χ0) is 35.8. The molecule has 2 heteroatoms. The first-order chi connectivity index (χ1) is 26.8. The molecule has 0 spiro atoms. The average Bonchev–Trinajstić information content (AvgIpc) is 3.58. The van der Waals surface area contributed by atoms with E-state index in [1.54, 1.807) is 0 Å². The van der Waals surface area contributed by atoms with Crippen LogP contribution in [0.15, 0.2) is 218 Å². The standard InChI is InChI=1S/C52H36N2/c1-3-16-37(17-4-1)38-30-32-40(33-31-38)44-23-9-12-27-49(44)54(50-28-13-10-24-46(50)45-26-15-19-39-18-7-8-22-43(39)45)42-34-35-48-47-25-11-14-29-51(47)53(52(48)36-42)41-20-5-2-6-21-41/h1-36H. The van der Waals surface area contributed by atoms with Gasteiger partial charge in [0.2, 0.25) is 0 Å². The molecule has 0 bridgehead atoms. The molecule has 0 amide bonds. The monoisotopic (exact) mass is 688 g/mol. The van der Waals surface area contributed by atoms with Crippen molar-refractivity contribution in [3.63, 3.8) is 0 Å². The van der Waals surface area contributed by atoms with E-state index in [1.807, 2.05) is 0 Å². The predicted octanol–water partition coefficient (Wildman–Crippen LogP) is 14.4. The molecule has 1 heterocycles. The molecule has 0 aliphatic rings. The summed E-state index contributed by atoms with van der Waals surface area (Å²) < 4.78 is 2.40. The molecule has 0 saturated heterocycles. The Labute approximate surface area is 315 Å². The van der Waals surface area contributed by atoms with Crippen molar-refractivity contribution in [1.29, 1.82) is 0 Å². The number of rotatable bonds is 7. The summed E-state index contributed by atoms with van der Waals surface area (Å²) >= 11 is 0. The summed E-state index contributed by atoms with van der Waals surface area (Å²) in [5, 5.41) is 4.93. The fourth-order valence-electron chi connectivity index (χ4n) is 8.10. The summed E-state index contributed by atoms with van der Waals surface area (Å²) in [6, 6.07) is 78.9. The van der Waals surface area contributed by atoms with Gasteiger partial charge in [-0.3, -0.25) is 0 Å². The number of aromatic nitrogens is 1. The van der Waals surface area contributed by atoms with Crippen LogP contribution in [-0.2, 0) is 0 Å². The molecular weight excluding hydrogens is 653 g/mol. The van der Waals surface area contributed by atoms with Crippen molar-refractivity contribution in [1.82, 2.24) is 4.57 Å². The fraction of sp³-hybridized carbons (Fsp3) is 0. The summed E-state index contributed by atoms with van der Waals surface area (Å²) in [5.74, 6) is 0. The topological polar surface area (TPSA) is 8.17 Å². The van der Waals surface area contributed by atoms with Crippen molar-refractivity contribution < 1.29 is 0 Å². The molecule has 0 radical (unpaired) electrons. The van der Waals surface area contributed by atoms with Gasteiger partial charge in [0.25, 0.3) is 0 Å². The number of benzene rings is 9. The number of hydrogen-bond donors (Lipinski definition) is 0. The number of hydrogen-bond acceptors (Lipinski definition) is 1. The molecule has 10 aromatic rings. The Morgan fingerprint density at radius 3 is 1.65 bits per heavy atom. The van der Waals surface area contributed by atoms with Crippen molar-refractivity contribution in [3.8, 4) is 39.1 Å². The lowest BCUT2D eigenvalue weighted by molar-refractivity contribution is 1.18. The predicted molar refractivity (Wildman–Crippen MR) is 229 cm³/mol. The van der Waals surface area contributed by atoms with E-state index in [4.69, 9.17) is 0 Å². The maximum absolute atomic E-state index is 2.46. The van der Waals surface area contributed by atoms with Crippen LogP contribution < -0.4 is 4.90 Å². The Morgan fingerprint density at radius 1 is 0.315 bits per heavy atom. The Balaban J connectivity index is 1.23. The highest BCUT2D eigenvalue weighted by Crippen LogP contribution is 2.47. The third-order valence-electron chi connectivity index (χ3n) is 10.6. The molecule has 9 aromatic carbocycles. The van der Waals surface area contributed by atoms with Crippen molar-refractivity contribution >= 4 is 49.6 Å². The van der Waals surface area contributed by atoms with Crippen LogP contribution in [0.1, 0.15) is 0 Å². The van der Waals surface area contributed by atoms with Gasteiger partial charge in [-0.1, -0.05) is 176 Å². The minimum Gasteiger partial charge on any atom is -0.309 e. The van der Waals surface area contributed by atoms with Gasteiger partial charge in [-0.05, 0) is 75.5 Å². The largest absolute Gasteiger partial charge is 0.309 e. The van der Waals surface area contributed by atoms with Gasteiger partial charge in [0.15, 0.2) is 0 Å². The molecule has 0 saturated carbocycles. The normalized spacial score (nSPS) is 11.3. The number of anilines is 3. The van der Waals surface area contributed by atoms with E-state index in [-0.39, 0.29) is 0 Å². The van der Waals surface area contributed by atoms with Gasteiger partial charge in [0, 0.05) is 33.3 Å². The SMILES string of the molecule is c1ccc(-c2ccc(-c3ccccc3N(c3ccc4c5ccccc5n(-c5ccccc5)c4c3)c3ccccc3-c3cccc4ccccc34)cc2)cc1. The van der Waals surface area contributed by atoms with E-state index in [1.165, 1.54) is 49.3 Å². The Bertz CT molecular complexity index is 2920. The third kappa shape index (κ3) is 5.44. The Kier molecular flexibility index (Phi) is 7.85. The summed E-state index contributed by atoms with van der Waals surface area (Å²) in [7, 11) is 0. The van der Waals surface area contributed by atoms with E-state index in [9.17, 15) is 0 Å². The van der Waals surface area contributed by atoms with Crippen LogP contribution in [-0.4, -0.2) is 4.57 Å². The number of fused-ring (bicyclic) bond motifs is 4. The zero-order valence-corrected chi connectivity index (χ0v) is 29.7. The molecule has 1 aromatic heterocycles.